The molecule has 0 unspecified atom stereocenters. The first-order chi connectivity index (χ1) is 11.3. The zero-order valence-electron chi connectivity index (χ0n) is 13.4. The molecule has 1 aromatic heterocycles. The summed E-state index contributed by atoms with van der Waals surface area (Å²) < 4.78 is 2.30. The van der Waals surface area contributed by atoms with Gasteiger partial charge in [0.05, 0.1) is 11.9 Å². The van der Waals surface area contributed by atoms with Crippen LogP contribution in [0, 0.1) is 5.92 Å². The van der Waals surface area contributed by atoms with Gasteiger partial charge in [-0.15, -0.1) is 0 Å². The lowest BCUT2D eigenvalue weighted by molar-refractivity contribution is -0.120. The highest BCUT2D eigenvalue weighted by Gasteiger charge is 2.21. The monoisotopic (exact) mass is 309 g/mol. The number of hydrogen-bond acceptors (Lipinski definition) is 2. The van der Waals surface area contributed by atoms with Crippen molar-refractivity contribution in [1.82, 2.24) is 9.55 Å². The molecule has 2 aliphatic rings. The van der Waals surface area contributed by atoms with Crippen LogP contribution in [0.2, 0.25) is 0 Å². The molecule has 0 saturated heterocycles. The lowest BCUT2D eigenvalue weighted by atomic mass is 9.88. The zero-order valence-corrected chi connectivity index (χ0v) is 13.4. The minimum atomic E-state index is 0.183. The Morgan fingerprint density at radius 2 is 1.87 bits per heavy atom. The van der Waals surface area contributed by atoms with Gasteiger partial charge < -0.3 is 9.88 Å². The normalized spacial score (nSPS) is 17.9. The molecule has 1 fully saturated rings. The Morgan fingerprint density at radius 3 is 2.65 bits per heavy atom. The summed E-state index contributed by atoms with van der Waals surface area (Å²) in [5.41, 5.74) is 3.24. The maximum atomic E-state index is 12.3. The molecule has 4 heteroatoms. The van der Waals surface area contributed by atoms with Gasteiger partial charge in [0.15, 0.2) is 0 Å². The van der Waals surface area contributed by atoms with Gasteiger partial charge in [-0.1, -0.05) is 31.4 Å². The average Bonchev–Trinajstić information content (AvgIpc) is 3.20. The van der Waals surface area contributed by atoms with Gasteiger partial charge in [-0.25, -0.2) is 4.98 Å². The highest BCUT2D eigenvalue weighted by Crippen LogP contribution is 2.28. The van der Waals surface area contributed by atoms with E-state index in [4.69, 9.17) is 0 Å². The van der Waals surface area contributed by atoms with Crippen LogP contribution in [-0.2, 0) is 17.8 Å². The van der Waals surface area contributed by atoms with Crippen molar-refractivity contribution in [3.05, 3.63) is 36.3 Å². The van der Waals surface area contributed by atoms with E-state index in [1.807, 2.05) is 18.3 Å². The van der Waals surface area contributed by atoms with E-state index in [9.17, 15) is 4.79 Å². The van der Waals surface area contributed by atoms with E-state index in [0.29, 0.717) is 0 Å². The molecule has 0 spiro atoms. The number of aryl methyl sites for hydroxylation is 1. The number of carbonyl (C=O) groups excluding carboxylic acids is 1. The summed E-state index contributed by atoms with van der Waals surface area (Å²) in [5.74, 6) is 1.57. The number of amides is 1. The first kappa shape index (κ1) is 14.5. The Morgan fingerprint density at radius 1 is 1.09 bits per heavy atom. The average molecular weight is 309 g/mol. The first-order valence-electron chi connectivity index (χ1n) is 8.77. The van der Waals surface area contributed by atoms with E-state index in [2.05, 4.69) is 27.0 Å². The summed E-state index contributed by atoms with van der Waals surface area (Å²) in [5, 5.41) is 3.08. The summed E-state index contributed by atoms with van der Waals surface area (Å²) in [6, 6.07) is 8.17. The molecule has 0 radical (unpaired) electrons. The molecule has 120 valence electrons. The van der Waals surface area contributed by atoms with Crippen LogP contribution in [0.4, 0.5) is 5.69 Å². The Kier molecular flexibility index (Phi) is 3.90. The van der Waals surface area contributed by atoms with Crippen LogP contribution in [0.15, 0.2) is 30.5 Å². The van der Waals surface area contributed by atoms with Crippen LogP contribution < -0.4 is 5.32 Å². The molecule has 1 aromatic carbocycles. The van der Waals surface area contributed by atoms with E-state index in [-0.39, 0.29) is 11.8 Å². The molecule has 1 N–H and O–H groups in total. The number of benzene rings is 1. The Bertz CT molecular complexity index is 696. The van der Waals surface area contributed by atoms with Crippen LogP contribution >= 0.6 is 0 Å². The van der Waals surface area contributed by atoms with Gasteiger partial charge >= 0.3 is 0 Å². The molecule has 23 heavy (non-hydrogen) atoms. The van der Waals surface area contributed by atoms with Gasteiger partial charge in [-0.2, -0.15) is 0 Å². The Hall–Kier alpha value is -2.10. The molecule has 1 saturated carbocycles. The summed E-state index contributed by atoms with van der Waals surface area (Å²) in [7, 11) is 0. The van der Waals surface area contributed by atoms with Gasteiger partial charge in [0, 0.05) is 24.6 Å². The summed E-state index contributed by atoms with van der Waals surface area (Å²) >= 11 is 0. The van der Waals surface area contributed by atoms with Gasteiger partial charge in [-0.3, -0.25) is 4.79 Å². The number of nitrogens with zero attached hydrogens (tertiary/aromatic N) is 2. The molecule has 1 aliphatic carbocycles. The number of rotatable bonds is 3. The van der Waals surface area contributed by atoms with Crippen molar-refractivity contribution in [3.63, 3.8) is 0 Å². The number of anilines is 1. The van der Waals surface area contributed by atoms with Gasteiger partial charge in [0.25, 0.3) is 0 Å². The topological polar surface area (TPSA) is 46.9 Å². The highest BCUT2D eigenvalue weighted by molar-refractivity contribution is 5.92. The number of hydrogen-bond donors (Lipinski definition) is 1. The predicted molar refractivity (Wildman–Crippen MR) is 91.2 cm³/mol. The quantitative estimate of drug-likeness (QED) is 0.931. The fourth-order valence-corrected chi connectivity index (χ4v) is 3.82. The van der Waals surface area contributed by atoms with Crippen LogP contribution in [0.5, 0.6) is 0 Å². The molecular weight excluding hydrogens is 286 g/mol. The van der Waals surface area contributed by atoms with E-state index < -0.39 is 0 Å². The smallest absolute Gasteiger partial charge is 0.227 e. The molecule has 1 amide bonds. The number of aromatic nitrogens is 2. The Balaban J connectivity index is 1.46. The third-order valence-corrected chi connectivity index (χ3v) is 5.14. The van der Waals surface area contributed by atoms with Crippen LogP contribution in [0.25, 0.3) is 11.3 Å². The predicted octanol–water partition coefficient (Wildman–Crippen LogP) is 4.02. The molecule has 2 aromatic rings. The second-order valence-corrected chi connectivity index (χ2v) is 6.72. The minimum Gasteiger partial charge on any atom is -0.328 e. The molecule has 4 rings (SSSR count). The van der Waals surface area contributed by atoms with Crippen molar-refractivity contribution in [2.45, 2.75) is 51.5 Å². The maximum absolute atomic E-state index is 12.3. The van der Waals surface area contributed by atoms with E-state index in [0.717, 1.165) is 31.5 Å². The van der Waals surface area contributed by atoms with Gasteiger partial charge in [0.1, 0.15) is 5.82 Å². The van der Waals surface area contributed by atoms with E-state index in [1.165, 1.54) is 42.8 Å². The second-order valence-electron chi connectivity index (χ2n) is 6.72. The summed E-state index contributed by atoms with van der Waals surface area (Å²) in [6.07, 6.45) is 9.93. The number of nitrogens with one attached hydrogen (secondary N) is 1. The lowest BCUT2D eigenvalue weighted by Crippen LogP contribution is -2.24. The first-order valence-corrected chi connectivity index (χ1v) is 8.77. The van der Waals surface area contributed by atoms with E-state index >= 15 is 0 Å². The van der Waals surface area contributed by atoms with Crippen LogP contribution in [-0.4, -0.2) is 15.5 Å². The molecule has 4 nitrogen and oxygen atoms in total. The number of fused-ring (bicyclic) bond motifs is 1. The summed E-state index contributed by atoms with van der Waals surface area (Å²) in [6.45, 7) is 1.06. The number of imidazole rings is 1. The molecule has 1 aliphatic heterocycles. The van der Waals surface area contributed by atoms with Crippen molar-refractivity contribution in [2.24, 2.45) is 5.92 Å². The standard InChI is InChI=1S/C19H23N3O/c23-19(15-5-2-1-3-6-15)21-16-10-8-14(9-11-16)17-13-20-18-7-4-12-22(17)18/h8-11,13,15H,1-7,12H2,(H,21,23). The molecular formula is C19H23N3O. The van der Waals surface area contributed by atoms with Gasteiger partial charge in [-0.05, 0) is 37.0 Å². The van der Waals surface area contributed by atoms with Crippen LogP contribution in [0.1, 0.15) is 44.3 Å². The lowest BCUT2D eigenvalue weighted by Gasteiger charge is -2.20. The third kappa shape index (κ3) is 2.90. The van der Waals surface area contributed by atoms with Crippen molar-refractivity contribution in [2.75, 3.05) is 5.32 Å². The molecule has 0 bridgehead atoms. The summed E-state index contributed by atoms with van der Waals surface area (Å²) in [4.78, 5) is 16.8. The maximum Gasteiger partial charge on any atom is 0.227 e. The largest absolute Gasteiger partial charge is 0.328 e. The third-order valence-electron chi connectivity index (χ3n) is 5.14. The van der Waals surface area contributed by atoms with Gasteiger partial charge in [0.2, 0.25) is 5.91 Å². The molecule has 2 heterocycles. The van der Waals surface area contributed by atoms with Crippen LogP contribution in [0.3, 0.4) is 0 Å². The molecule has 0 atom stereocenters. The Labute approximate surface area is 136 Å². The minimum absolute atomic E-state index is 0.183. The number of carbonyl (C=O) groups is 1. The fourth-order valence-electron chi connectivity index (χ4n) is 3.82. The van der Waals surface area contributed by atoms with Crippen molar-refractivity contribution < 1.29 is 4.79 Å². The zero-order chi connectivity index (χ0) is 15.6. The van der Waals surface area contributed by atoms with Crippen molar-refractivity contribution in [3.8, 4) is 11.3 Å². The van der Waals surface area contributed by atoms with Crippen molar-refractivity contribution in [1.29, 1.82) is 0 Å². The fraction of sp³-hybridized carbons (Fsp3) is 0.474. The SMILES string of the molecule is O=C(Nc1ccc(-c2cnc3n2CCC3)cc1)C1CCCCC1. The van der Waals surface area contributed by atoms with Crippen molar-refractivity contribution >= 4 is 11.6 Å². The highest BCUT2D eigenvalue weighted by atomic mass is 16.1. The van der Waals surface area contributed by atoms with E-state index in [1.54, 1.807) is 0 Å². The second kappa shape index (κ2) is 6.19.